The lowest BCUT2D eigenvalue weighted by molar-refractivity contribution is 0.0296. The number of aryl methyl sites for hydroxylation is 1. The van der Waals surface area contributed by atoms with Crippen molar-refractivity contribution in [2.24, 2.45) is 0 Å². The molecule has 0 amide bonds. The number of rotatable bonds is 4. The van der Waals surface area contributed by atoms with Gasteiger partial charge in [0.05, 0.1) is 18.8 Å². The Bertz CT molecular complexity index is 402. The van der Waals surface area contributed by atoms with Crippen molar-refractivity contribution in [1.29, 1.82) is 0 Å². The summed E-state index contributed by atoms with van der Waals surface area (Å²) < 4.78 is 5.75. The lowest BCUT2D eigenvalue weighted by Crippen LogP contribution is -2.49. The van der Waals surface area contributed by atoms with Gasteiger partial charge >= 0.3 is 0 Å². The monoisotopic (exact) mass is 282 g/mol. The molecule has 0 saturated carbocycles. The van der Waals surface area contributed by atoms with E-state index >= 15 is 0 Å². The van der Waals surface area contributed by atoms with E-state index in [0.29, 0.717) is 11.9 Å². The lowest BCUT2D eigenvalue weighted by Gasteiger charge is -2.39. The number of morpholine rings is 1. The first-order valence-electron chi connectivity index (χ1n) is 7.12. The molecule has 2 unspecified atom stereocenters. The highest BCUT2D eigenvalue weighted by Gasteiger charge is 2.26. The van der Waals surface area contributed by atoms with Crippen molar-refractivity contribution < 1.29 is 4.74 Å². The van der Waals surface area contributed by atoms with Gasteiger partial charge in [-0.2, -0.15) is 0 Å². The summed E-state index contributed by atoms with van der Waals surface area (Å²) in [7, 11) is 0. The van der Waals surface area contributed by atoms with Gasteiger partial charge in [0, 0.05) is 18.1 Å². The second-order valence-electron chi connectivity index (χ2n) is 5.17. The first-order chi connectivity index (χ1) is 9.17. The molecule has 2 heterocycles. The summed E-state index contributed by atoms with van der Waals surface area (Å²) in [5, 5.41) is 0. The average Bonchev–Trinajstić information content (AvgIpc) is 2.46. The maximum Gasteiger partial charge on any atom is 0.129 e. The van der Waals surface area contributed by atoms with Crippen molar-refractivity contribution in [2.75, 3.05) is 18.1 Å². The lowest BCUT2D eigenvalue weighted by atomic mass is 10.1. The van der Waals surface area contributed by atoms with E-state index in [1.807, 2.05) is 0 Å². The maximum absolute atomic E-state index is 5.99. The molecule has 3 nitrogen and oxygen atoms in total. The minimum atomic E-state index is 0.259. The van der Waals surface area contributed by atoms with Crippen LogP contribution in [0.25, 0.3) is 0 Å². The van der Waals surface area contributed by atoms with Crippen LogP contribution in [0.3, 0.4) is 0 Å². The van der Waals surface area contributed by atoms with Gasteiger partial charge in [-0.1, -0.05) is 13.8 Å². The molecular weight excluding hydrogens is 260 g/mol. The summed E-state index contributed by atoms with van der Waals surface area (Å²) in [4.78, 5) is 7.15. The molecule has 0 radical (unpaired) electrons. The quantitative estimate of drug-likeness (QED) is 0.792. The van der Waals surface area contributed by atoms with Crippen molar-refractivity contribution in [2.45, 2.75) is 51.6 Å². The van der Waals surface area contributed by atoms with Crippen LogP contribution in [0.1, 0.15) is 38.4 Å². The third-order valence-corrected chi connectivity index (χ3v) is 3.98. The first-order valence-corrected chi connectivity index (χ1v) is 7.65. The molecule has 0 aliphatic carbocycles. The van der Waals surface area contributed by atoms with Crippen LogP contribution in [-0.2, 0) is 17.0 Å². The van der Waals surface area contributed by atoms with E-state index in [1.54, 1.807) is 0 Å². The molecule has 1 aromatic heterocycles. The van der Waals surface area contributed by atoms with Gasteiger partial charge < -0.3 is 9.64 Å². The summed E-state index contributed by atoms with van der Waals surface area (Å²) in [5.41, 5.74) is 2.26. The molecule has 1 aliphatic heterocycles. The number of ether oxygens (including phenoxy) is 1. The van der Waals surface area contributed by atoms with Gasteiger partial charge in [-0.25, -0.2) is 4.98 Å². The van der Waals surface area contributed by atoms with E-state index < -0.39 is 0 Å². The van der Waals surface area contributed by atoms with Gasteiger partial charge in [-0.05, 0) is 37.5 Å². The molecule has 2 rings (SSSR count). The fourth-order valence-corrected chi connectivity index (χ4v) is 2.66. The minimum Gasteiger partial charge on any atom is -0.375 e. The minimum absolute atomic E-state index is 0.259. The molecule has 4 heteroatoms. The Kier molecular flexibility index (Phi) is 5.06. The van der Waals surface area contributed by atoms with E-state index in [0.717, 1.165) is 43.1 Å². The predicted octanol–water partition coefficient (Wildman–Crippen LogP) is 3.39. The molecule has 19 heavy (non-hydrogen) atoms. The Labute approximate surface area is 120 Å². The van der Waals surface area contributed by atoms with Gasteiger partial charge in [0.25, 0.3) is 0 Å². The second kappa shape index (κ2) is 6.58. The SMILES string of the molecule is CCc1cc(CCl)cc(N2CC(C)OCC2CC)n1. The Morgan fingerprint density at radius 1 is 1.42 bits per heavy atom. The molecule has 106 valence electrons. The molecule has 1 fully saturated rings. The summed E-state index contributed by atoms with van der Waals surface area (Å²) in [5.74, 6) is 1.59. The number of halogens is 1. The fourth-order valence-electron chi connectivity index (χ4n) is 2.50. The molecule has 1 saturated heterocycles. The Morgan fingerprint density at radius 3 is 2.84 bits per heavy atom. The van der Waals surface area contributed by atoms with Crippen LogP contribution in [0.2, 0.25) is 0 Å². The third kappa shape index (κ3) is 3.40. The van der Waals surface area contributed by atoms with Crippen LogP contribution in [0.5, 0.6) is 0 Å². The number of aromatic nitrogens is 1. The number of nitrogens with zero attached hydrogens (tertiary/aromatic N) is 2. The molecule has 0 spiro atoms. The Balaban J connectivity index is 2.31. The van der Waals surface area contributed by atoms with E-state index in [-0.39, 0.29) is 6.10 Å². The van der Waals surface area contributed by atoms with Gasteiger partial charge in [-0.15, -0.1) is 11.6 Å². The summed E-state index contributed by atoms with van der Waals surface area (Å²) >= 11 is 5.99. The molecule has 0 bridgehead atoms. The second-order valence-corrected chi connectivity index (χ2v) is 5.44. The van der Waals surface area contributed by atoms with Crippen LogP contribution >= 0.6 is 11.6 Å². The molecule has 0 aromatic carbocycles. The van der Waals surface area contributed by atoms with Gasteiger partial charge in [-0.3, -0.25) is 0 Å². The van der Waals surface area contributed by atoms with Crippen molar-refractivity contribution in [1.82, 2.24) is 4.98 Å². The van der Waals surface area contributed by atoms with Crippen molar-refractivity contribution >= 4 is 17.4 Å². The average molecular weight is 283 g/mol. The third-order valence-electron chi connectivity index (χ3n) is 3.67. The van der Waals surface area contributed by atoms with Crippen LogP contribution in [0.4, 0.5) is 5.82 Å². The van der Waals surface area contributed by atoms with Gasteiger partial charge in [0.1, 0.15) is 5.82 Å². The number of hydrogen-bond donors (Lipinski definition) is 0. The highest BCUT2D eigenvalue weighted by molar-refractivity contribution is 6.17. The summed E-state index contributed by atoms with van der Waals surface area (Å²) in [6.07, 6.45) is 2.27. The fraction of sp³-hybridized carbons (Fsp3) is 0.667. The number of anilines is 1. The van der Waals surface area contributed by atoms with Crippen molar-refractivity contribution in [3.63, 3.8) is 0 Å². The number of alkyl halides is 1. The highest BCUT2D eigenvalue weighted by Crippen LogP contribution is 2.24. The van der Waals surface area contributed by atoms with Crippen molar-refractivity contribution in [3.05, 3.63) is 23.4 Å². The van der Waals surface area contributed by atoms with E-state index in [2.05, 4.69) is 37.8 Å². The zero-order chi connectivity index (χ0) is 13.8. The molecule has 1 aromatic rings. The molecule has 0 N–H and O–H groups in total. The predicted molar refractivity (Wildman–Crippen MR) is 80.0 cm³/mol. The standard InChI is InChI=1S/C15H23ClN2O/c1-4-13-6-12(8-16)7-15(17-13)18-9-11(3)19-10-14(18)5-2/h6-7,11,14H,4-5,8-10H2,1-3H3. The van der Waals surface area contributed by atoms with Crippen LogP contribution in [-0.4, -0.2) is 30.3 Å². The van der Waals surface area contributed by atoms with E-state index in [1.165, 1.54) is 0 Å². The maximum atomic E-state index is 5.99. The van der Waals surface area contributed by atoms with Crippen molar-refractivity contribution in [3.8, 4) is 0 Å². The summed E-state index contributed by atoms with van der Waals surface area (Å²) in [6.45, 7) is 8.13. The first kappa shape index (κ1) is 14.6. The Morgan fingerprint density at radius 2 is 2.21 bits per heavy atom. The highest BCUT2D eigenvalue weighted by atomic mass is 35.5. The largest absolute Gasteiger partial charge is 0.375 e. The molecule has 2 atom stereocenters. The topological polar surface area (TPSA) is 25.4 Å². The van der Waals surface area contributed by atoms with Crippen LogP contribution < -0.4 is 4.90 Å². The molecular formula is C15H23ClN2O. The van der Waals surface area contributed by atoms with Crippen LogP contribution in [0.15, 0.2) is 12.1 Å². The smallest absolute Gasteiger partial charge is 0.129 e. The number of pyridine rings is 1. The van der Waals surface area contributed by atoms with E-state index in [4.69, 9.17) is 21.3 Å². The Hall–Kier alpha value is -0.800. The van der Waals surface area contributed by atoms with E-state index in [9.17, 15) is 0 Å². The zero-order valence-corrected chi connectivity index (χ0v) is 12.8. The molecule has 1 aliphatic rings. The zero-order valence-electron chi connectivity index (χ0n) is 12.0. The summed E-state index contributed by atoms with van der Waals surface area (Å²) in [6, 6.07) is 4.63. The van der Waals surface area contributed by atoms with Gasteiger partial charge in [0.2, 0.25) is 0 Å². The number of hydrogen-bond acceptors (Lipinski definition) is 3. The van der Waals surface area contributed by atoms with Crippen LogP contribution in [0, 0.1) is 0 Å². The normalized spacial score (nSPS) is 23.7. The van der Waals surface area contributed by atoms with Gasteiger partial charge in [0.15, 0.2) is 0 Å².